The zero-order valence-electron chi connectivity index (χ0n) is 9.55. The van der Waals surface area contributed by atoms with E-state index in [0.717, 1.165) is 10.4 Å². The molecule has 0 aliphatic rings. The number of rotatable bonds is 3. The summed E-state index contributed by atoms with van der Waals surface area (Å²) in [6, 6.07) is 11.9. The lowest BCUT2D eigenvalue weighted by atomic mass is 10.0. The third-order valence-electron chi connectivity index (χ3n) is 2.69. The van der Waals surface area contributed by atoms with Crippen molar-refractivity contribution in [1.82, 2.24) is 0 Å². The second-order valence-corrected chi connectivity index (χ2v) is 5.19. The van der Waals surface area contributed by atoms with Gasteiger partial charge >= 0.3 is 0 Å². The minimum absolute atomic E-state index is 0.487. The molecule has 0 bridgehead atoms. The molecule has 1 unspecified atom stereocenters. The summed E-state index contributed by atoms with van der Waals surface area (Å²) >= 11 is 1.63. The van der Waals surface area contributed by atoms with E-state index in [9.17, 15) is 5.11 Å². The maximum atomic E-state index is 10.2. The Kier molecular flexibility index (Phi) is 3.42. The number of benzene rings is 1. The van der Waals surface area contributed by atoms with E-state index in [1.54, 1.807) is 11.3 Å². The molecule has 0 spiro atoms. The van der Waals surface area contributed by atoms with E-state index in [1.807, 2.05) is 30.3 Å². The maximum Gasteiger partial charge on any atom is 0.113 e. The molecule has 2 rings (SSSR count). The first-order chi connectivity index (χ1) is 7.68. The third-order valence-corrected chi connectivity index (χ3v) is 3.69. The van der Waals surface area contributed by atoms with Crippen LogP contribution < -0.4 is 0 Å². The largest absolute Gasteiger partial charge is 0.383 e. The molecule has 0 radical (unpaired) electrons. The van der Waals surface area contributed by atoms with Crippen LogP contribution in [-0.2, 0) is 0 Å². The van der Waals surface area contributed by atoms with Gasteiger partial charge in [-0.2, -0.15) is 0 Å². The Hall–Kier alpha value is -1.12. The van der Waals surface area contributed by atoms with Crippen LogP contribution in [0.3, 0.4) is 0 Å². The summed E-state index contributed by atoms with van der Waals surface area (Å²) < 4.78 is 0. The monoisotopic (exact) mass is 232 g/mol. The zero-order valence-corrected chi connectivity index (χ0v) is 10.4. The Labute approximate surface area is 100 Å². The van der Waals surface area contributed by atoms with Crippen LogP contribution in [0.2, 0.25) is 0 Å². The molecule has 16 heavy (non-hydrogen) atoms. The summed E-state index contributed by atoms with van der Waals surface area (Å²) in [5, 5.41) is 12.3. The minimum atomic E-state index is -0.487. The Balaban J connectivity index is 2.24. The van der Waals surface area contributed by atoms with Gasteiger partial charge in [-0.25, -0.2) is 0 Å². The van der Waals surface area contributed by atoms with Crippen LogP contribution in [0.25, 0.3) is 0 Å². The summed E-state index contributed by atoms with van der Waals surface area (Å²) in [7, 11) is 0. The van der Waals surface area contributed by atoms with Crippen molar-refractivity contribution in [2.24, 2.45) is 0 Å². The lowest BCUT2D eigenvalue weighted by Crippen LogP contribution is -1.96. The van der Waals surface area contributed by atoms with E-state index in [0.29, 0.717) is 5.92 Å². The quantitative estimate of drug-likeness (QED) is 0.849. The van der Waals surface area contributed by atoms with Gasteiger partial charge in [-0.1, -0.05) is 44.2 Å². The fourth-order valence-electron chi connectivity index (χ4n) is 1.61. The normalized spacial score (nSPS) is 13.0. The van der Waals surface area contributed by atoms with Gasteiger partial charge in [0.2, 0.25) is 0 Å². The summed E-state index contributed by atoms with van der Waals surface area (Å²) in [6.45, 7) is 4.33. The molecular weight excluding hydrogens is 216 g/mol. The number of aliphatic hydroxyl groups excluding tert-OH is 1. The molecule has 2 heteroatoms. The Morgan fingerprint density at radius 1 is 1.06 bits per heavy atom. The first-order valence-electron chi connectivity index (χ1n) is 5.50. The summed E-state index contributed by atoms with van der Waals surface area (Å²) in [5.41, 5.74) is 2.26. The highest BCUT2D eigenvalue weighted by Crippen LogP contribution is 2.30. The topological polar surface area (TPSA) is 20.2 Å². The predicted octanol–water partition coefficient (Wildman–Crippen LogP) is 3.95. The highest BCUT2D eigenvalue weighted by atomic mass is 32.1. The van der Waals surface area contributed by atoms with Crippen LogP contribution in [0, 0.1) is 0 Å². The number of hydrogen-bond acceptors (Lipinski definition) is 2. The molecule has 0 amide bonds. The molecule has 1 aromatic heterocycles. The van der Waals surface area contributed by atoms with Crippen molar-refractivity contribution in [2.45, 2.75) is 25.9 Å². The molecule has 0 saturated heterocycles. The van der Waals surface area contributed by atoms with E-state index in [-0.39, 0.29) is 0 Å². The predicted molar refractivity (Wildman–Crippen MR) is 68.9 cm³/mol. The molecule has 1 heterocycles. The SMILES string of the molecule is CC(C)c1csc(C(O)c2ccccc2)c1. The molecule has 1 atom stereocenters. The molecule has 2 aromatic rings. The van der Waals surface area contributed by atoms with Crippen molar-refractivity contribution in [1.29, 1.82) is 0 Å². The van der Waals surface area contributed by atoms with Gasteiger partial charge in [0.05, 0.1) is 0 Å². The van der Waals surface area contributed by atoms with Crippen molar-refractivity contribution in [3.05, 3.63) is 57.8 Å². The smallest absolute Gasteiger partial charge is 0.113 e. The second-order valence-electron chi connectivity index (χ2n) is 4.25. The molecule has 84 valence electrons. The average molecular weight is 232 g/mol. The number of hydrogen-bond donors (Lipinski definition) is 1. The van der Waals surface area contributed by atoms with Gasteiger partial charge in [-0.05, 0) is 28.5 Å². The van der Waals surface area contributed by atoms with Crippen molar-refractivity contribution >= 4 is 11.3 Å². The number of aliphatic hydroxyl groups is 1. The van der Waals surface area contributed by atoms with Gasteiger partial charge in [0.15, 0.2) is 0 Å². The van der Waals surface area contributed by atoms with Gasteiger partial charge in [-0.15, -0.1) is 11.3 Å². The molecular formula is C14H16OS. The van der Waals surface area contributed by atoms with Crippen LogP contribution in [-0.4, -0.2) is 5.11 Å². The van der Waals surface area contributed by atoms with E-state index < -0.39 is 6.10 Å². The molecule has 0 aliphatic carbocycles. The molecule has 0 aliphatic heterocycles. The molecule has 1 aromatic carbocycles. The first-order valence-corrected chi connectivity index (χ1v) is 6.38. The standard InChI is InChI=1S/C14H16OS/c1-10(2)12-8-13(16-9-12)14(15)11-6-4-3-5-7-11/h3-10,14-15H,1-2H3. The Morgan fingerprint density at radius 2 is 1.75 bits per heavy atom. The van der Waals surface area contributed by atoms with Gasteiger partial charge in [0.25, 0.3) is 0 Å². The van der Waals surface area contributed by atoms with Crippen LogP contribution in [0.4, 0.5) is 0 Å². The average Bonchev–Trinajstić information content (AvgIpc) is 2.78. The van der Waals surface area contributed by atoms with Gasteiger partial charge in [0, 0.05) is 4.88 Å². The number of thiophene rings is 1. The highest BCUT2D eigenvalue weighted by Gasteiger charge is 2.13. The maximum absolute atomic E-state index is 10.2. The lowest BCUT2D eigenvalue weighted by molar-refractivity contribution is 0.224. The second kappa shape index (κ2) is 4.81. The fraction of sp³-hybridized carbons (Fsp3) is 0.286. The molecule has 1 N–H and O–H groups in total. The summed E-state index contributed by atoms with van der Waals surface area (Å²) in [5.74, 6) is 0.521. The van der Waals surface area contributed by atoms with Gasteiger partial charge in [-0.3, -0.25) is 0 Å². The van der Waals surface area contributed by atoms with Crippen molar-refractivity contribution in [3.63, 3.8) is 0 Å². The Bertz CT molecular complexity index is 445. The van der Waals surface area contributed by atoms with Gasteiger partial charge in [0.1, 0.15) is 6.10 Å². The molecule has 0 fully saturated rings. The van der Waals surface area contributed by atoms with Crippen molar-refractivity contribution in [2.75, 3.05) is 0 Å². The van der Waals surface area contributed by atoms with Crippen LogP contribution >= 0.6 is 11.3 Å². The van der Waals surface area contributed by atoms with Crippen molar-refractivity contribution < 1.29 is 5.11 Å². The van der Waals surface area contributed by atoms with E-state index in [1.165, 1.54) is 5.56 Å². The van der Waals surface area contributed by atoms with E-state index in [4.69, 9.17) is 0 Å². The lowest BCUT2D eigenvalue weighted by Gasteiger charge is -2.08. The first kappa shape index (κ1) is 11.4. The van der Waals surface area contributed by atoms with E-state index >= 15 is 0 Å². The molecule has 1 nitrogen and oxygen atoms in total. The summed E-state index contributed by atoms with van der Waals surface area (Å²) in [4.78, 5) is 1.02. The summed E-state index contributed by atoms with van der Waals surface area (Å²) in [6.07, 6.45) is -0.487. The van der Waals surface area contributed by atoms with Gasteiger partial charge < -0.3 is 5.11 Å². The van der Waals surface area contributed by atoms with E-state index in [2.05, 4.69) is 25.3 Å². The highest BCUT2D eigenvalue weighted by molar-refractivity contribution is 7.10. The Morgan fingerprint density at radius 3 is 2.31 bits per heavy atom. The third kappa shape index (κ3) is 2.34. The minimum Gasteiger partial charge on any atom is -0.383 e. The fourth-order valence-corrected chi connectivity index (χ4v) is 2.70. The van der Waals surface area contributed by atoms with Crippen LogP contribution in [0.1, 0.15) is 41.9 Å². The van der Waals surface area contributed by atoms with Crippen molar-refractivity contribution in [3.8, 4) is 0 Å². The molecule has 0 saturated carbocycles. The van der Waals surface area contributed by atoms with Crippen LogP contribution in [0.15, 0.2) is 41.8 Å². The van der Waals surface area contributed by atoms with Crippen LogP contribution in [0.5, 0.6) is 0 Å². The zero-order chi connectivity index (χ0) is 11.5.